The number of piperidine rings is 1. The van der Waals surface area contributed by atoms with E-state index in [2.05, 4.69) is 22.3 Å². The normalized spacial score (nSPS) is 20.7. The summed E-state index contributed by atoms with van der Waals surface area (Å²) in [5.74, 6) is -0.771. The molecule has 0 aromatic heterocycles. The summed E-state index contributed by atoms with van der Waals surface area (Å²) in [6.07, 6.45) is 3.77. The van der Waals surface area contributed by atoms with Gasteiger partial charge in [0.1, 0.15) is 5.92 Å². The Morgan fingerprint density at radius 2 is 1.90 bits per heavy atom. The average Bonchev–Trinajstić information content (AvgIpc) is 2.45. The summed E-state index contributed by atoms with van der Waals surface area (Å²) in [5, 5.41) is 14.7. The molecular weight excluding hydrogens is 256 g/mol. The third-order valence-corrected chi connectivity index (χ3v) is 3.97. The van der Waals surface area contributed by atoms with Crippen LogP contribution in [-0.4, -0.2) is 47.5 Å². The van der Waals surface area contributed by atoms with Crippen LogP contribution in [0.15, 0.2) is 5.16 Å². The molecule has 2 atom stereocenters. The minimum absolute atomic E-state index is 0.00353. The number of carbonyl (C=O) groups excluding carboxylic acids is 1. The summed E-state index contributed by atoms with van der Waals surface area (Å²) in [7, 11) is 0. The molecule has 116 valence electrons. The van der Waals surface area contributed by atoms with Crippen molar-refractivity contribution >= 4 is 11.7 Å². The maximum atomic E-state index is 12.2. The van der Waals surface area contributed by atoms with E-state index in [1.54, 1.807) is 0 Å². The third-order valence-electron chi connectivity index (χ3n) is 3.97. The Morgan fingerprint density at radius 3 is 2.40 bits per heavy atom. The van der Waals surface area contributed by atoms with Gasteiger partial charge in [-0.3, -0.25) is 9.69 Å². The number of likely N-dealkylation sites (tertiary alicyclic amines) is 1. The van der Waals surface area contributed by atoms with E-state index in [4.69, 9.17) is 10.9 Å². The number of oxime groups is 1. The van der Waals surface area contributed by atoms with Gasteiger partial charge in [0.05, 0.1) is 0 Å². The highest BCUT2D eigenvalue weighted by molar-refractivity contribution is 6.02. The molecule has 1 amide bonds. The number of rotatable bonds is 6. The topological polar surface area (TPSA) is 91.0 Å². The third kappa shape index (κ3) is 4.67. The smallest absolute Gasteiger partial charge is 0.231 e. The molecule has 1 heterocycles. The van der Waals surface area contributed by atoms with Gasteiger partial charge in [-0.1, -0.05) is 25.4 Å². The predicted octanol–water partition coefficient (Wildman–Crippen LogP) is 0.996. The number of amidine groups is 1. The summed E-state index contributed by atoms with van der Waals surface area (Å²) in [4.78, 5) is 14.6. The monoisotopic (exact) mass is 284 g/mol. The van der Waals surface area contributed by atoms with E-state index < -0.39 is 5.92 Å². The van der Waals surface area contributed by atoms with Crippen LogP contribution in [0, 0.1) is 11.8 Å². The van der Waals surface area contributed by atoms with Gasteiger partial charge in [-0.15, -0.1) is 0 Å². The first-order valence-electron chi connectivity index (χ1n) is 7.46. The molecule has 1 aliphatic heterocycles. The Hall–Kier alpha value is -1.30. The summed E-state index contributed by atoms with van der Waals surface area (Å²) < 4.78 is 0. The summed E-state index contributed by atoms with van der Waals surface area (Å²) in [5.41, 5.74) is 5.60. The Kier molecular flexibility index (Phi) is 6.78. The van der Waals surface area contributed by atoms with Crippen LogP contribution in [-0.2, 0) is 4.79 Å². The van der Waals surface area contributed by atoms with Crippen molar-refractivity contribution in [3.8, 4) is 0 Å². The lowest BCUT2D eigenvalue weighted by atomic mass is 9.94. The number of hydrogen-bond acceptors (Lipinski definition) is 4. The molecule has 0 bridgehead atoms. The number of carbonyl (C=O) groups is 1. The van der Waals surface area contributed by atoms with Crippen LogP contribution >= 0.6 is 0 Å². The van der Waals surface area contributed by atoms with Crippen molar-refractivity contribution in [2.45, 2.75) is 46.1 Å². The standard InChI is InChI=1S/C14H28N4O2/c1-10(2)12(13(15)17-20)14(19)16-9-11(3)18-7-5-4-6-8-18/h10-12,20H,4-9H2,1-3H3,(H2,15,17)(H,16,19). The zero-order valence-corrected chi connectivity index (χ0v) is 12.8. The fraction of sp³-hybridized carbons (Fsp3) is 0.857. The molecule has 1 rings (SSSR count). The highest BCUT2D eigenvalue weighted by Crippen LogP contribution is 2.13. The van der Waals surface area contributed by atoms with E-state index in [9.17, 15) is 4.79 Å². The molecule has 0 aromatic carbocycles. The molecule has 0 spiro atoms. The van der Waals surface area contributed by atoms with Gasteiger partial charge in [0, 0.05) is 12.6 Å². The van der Waals surface area contributed by atoms with Crippen LogP contribution in [0.1, 0.15) is 40.0 Å². The van der Waals surface area contributed by atoms with Crippen molar-refractivity contribution in [2.75, 3.05) is 19.6 Å². The zero-order valence-electron chi connectivity index (χ0n) is 12.8. The van der Waals surface area contributed by atoms with Gasteiger partial charge in [-0.2, -0.15) is 0 Å². The van der Waals surface area contributed by atoms with E-state index in [-0.39, 0.29) is 17.7 Å². The van der Waals surface area contributed by atoms with Crippen molar-refractivity contribution in [2.24, 2.45) is 22.7 Å². The lowest BCUT2D eigenvalue weighted by Gasteiger charge is -2.32. The highest BCUT2D eigenvalue weighted by Gasteiger charge is 2.27. The van der Waals surface area contributed by atoms with Gasteiger partial charge >= 0.3 is 0 Å². The number of amides is 1. The first-order chi connectivity index (χ1) is 9.47. The van der Waals surface area contributed by atoms with Gasteiger partial charge in [0.15, 0.2) is 5.84 Å². The zero-order chi connectivity index (χ0) is 15.1. The second-order valence-corrected chi connectivity index (χ2v) is 5.94. The molecule has 20 heavy (non-hydrogen) atoms. The molecule has 1 fully saturated rings. The van der Waals surface area contributed by atoms with Gasteiger partial charge in [-0.25, -0.2) is 0 Å². The fourth-order valence-corrected chi connectivity index (χ4v) is 2.69. The Labute approximate surface area is 121 Å². The molecule has 0 aromatic rings. The summed E-state index contributed by atoms with van der Waals surface area (Å²) >= 11 is 0. The number of hydrogen-bond donors (Lipinski definition) is 3. The predicted molar refractivity (Wildman–Crippen MR) is 79.6 cm³/mol. The quantitative estimate of drug-likeness (QED) is 0.294. The number of nitrogens with zero attached hydrogens (tertiary/aromatic N) is 2. The van der Waals surface area contributed by atoms with Crippen LogP contribution in [0.4, 0.5) is 0 Å². The van der Waals surface area contributed by atoms with Crippen LogP contribution in [0.3, 0.4) is 0 Å². The molecule has 6 nitrogen and oxygen atoms in total. The maximum Gasteiger partial charge on any atom is 0.231 e. The van der Waals surface area contributed by atoms with Gasteiger partial charge in [-0.05, 0) is 38.8 Å². The van der Waals surface area contributed by atoms with E-state index in [1.807, 2.05) is 13.8 Å². The summed E-state index contributed by atoms with van der Waals surface area (Å²) in [6.45, 7) is 8.70. The first kappa shape index (κ1) is 16.8. The molecule has 0 saturated carbocycles. The maximum absolute atomic E-state index is 12.2. The average molecular weight is 284 g/mol. The van der Waals surface area contributed by atoms with E-state index in [0.717, 1.165) is 13.1 Å². The molecule has 0 radical (unpaired) electrons. The van der Waals surface area contributed by atoms with Crippen molar-refractivity contribution in [3.63, 3.8) is 0 Å². The van der Waals surface area contributed by atoms with Gasteiger partial charge in [0.2, 0.25) is 5.91 Å². The SMILES string of the molecule is CC(C)C(C(=O)NCC(C)N1CCCCC1)C(N)=NO. The van der Waals surface area contributed by atoms with E-state index >= 15 is 0 Å². The van der Waals surface area contributed by atoms with Crippen LogP contribution in [0.2, 0.25) is 0 Å². The first-order valence-corrected chi connectivity index (χ1v) is 7.46. The van der Waals surface area contributed by atoms with Crippen molar-refractivity contribution in [1.82, 2.24) is 10.2 Å². The Morgan fingerprint density at radius 1 is 1.30 bits per heavy atom. The van der Waals surface area contributed by atoms with Crippen molar-refractivity contribution in [1.29, 1.82) is 0 Å². The lowest BCUT2D eigenvalue weighted by Crippen LogP contribution is -2.48. The molecular formula is C14H28N4O2. The lowest BCUT2D eigenvalue weighted by molar-refractivity contribution is -0.124. The Bertz CT molecular complexity index is 338. The molecule has 1 aliphatic rings. The summed E-state index contributed by atoms with van der Waals surface area (Å²) in [6, 6.07) is 0.319. The number of nitrogens with two attached hydrogens (primary N) is 1. The molecule has 1 saturated heterocycles. The van der Waals surface area contributed by atoms with Crippen LogP contribution < -0.4 is 11.1 Å². The van der Waals surface area contributed by atoms with Crippen LogP contribution in [0.5, 0.6) is 0 Å². The van der Waals surface area contributed by atoms with Gasteiger partial charge in [0.25, 0.3) is 0 Å². The fourth-order valence-electron chi connectivity index (χ4n) is 2.69. The second-order valence-electron chi connectivity index (χ2n) is 5.94. The minimum atomic E-state index is -0.575. The Balaban J connectivity index is 2.48. The number of nitrogens with one attached hydrogen (secondary N) is 1. The van der Waals surface area contributed by atoms with Crippen molar-refractivity contribution in [3.05, 3.63) is 0 Å². The molecule has 4 N–H and O–H groups in total. The van der Waals surface area contributed by atoms with Crippen LogP contribution in [0.25, 0.3) is 0 Å². The minimum Gasteiger partial charge on any atom is -0.409 e. The second kappa shape index (κ2) is 8.09. The molecule has 0 aliphatic carbocycles. The van der Waals surface area contributed by atoms with E-state index in [0.29, 0.717) is 12.6 Å². The highest BCUT2D eigenvalue weighted by atomic mass is 16.4. The van der Waals surface area contributed by atoms with Crippen molar-refractivity contribution < 1.29 is 10.0 Å². The van der Waals surface area contributed by atoms with Gasteiger partial charge < -0.3 is 16.3 Å². The molecule has 2 unspecified atom stereocenters. The largest absolute Gasteiger partial charge is 0.409 e. The van der Waals surface area contributed by atoms with E-state index in [1.165, 1.54) is 19.3 Å². The molecule has 6 heteroatoms.